The van der Waals surface area contributed by atoms with E-state index in [1.54, 1.807) is 6.92 Å². The fourth-order valence-electron chi connectivity index (χ4n) is 3.17. The van der Waals surface area contributed by atoms with E-state index < -0.39 is 5.60 Å². The van der Waals surface area contributed by atoms with Crippen LogP contribution in [0.15, 0.2) is 0 Å². The zero-order chi connectivity index (χ0) is 11.4. The van der Waals surface area contributed by atoms with Crippen LogP contribution in [0.25, 0.3) is 0 Å². The number of fused-ring (bicyclic) bond motifs is 1. The molecule has 0 aromatic rings. The highest BCUT2D eigenvalue weighted by Crippen LogP contribution is 2.66. The minimum atomic E-state index is -0.847. The third-order valence-electron chi connectivity index (χ3n) is 4.39. The van der Waals surface area contributed by atoms with E-state index in [1.165, 1.54) is 6.92 Å². The molecule has 2 fully saturated rings. The first-order valence-corrected chi connectivity index (χ1v) is 5.65. The summed E-state index contributed by atoms with van der Waals surface area (Å²) in [6.07, 6.45) is 1.24. The first-order valence-electron chi connectivity index (χ1n) is 5.65. The van der Waals surface area contributed by atoms with Gasteiger partial charge in [0, 0.05) is 6.92 Å². The smallest absolute Gasteiger partial charge is 0.303 e. The second kappa shape index (κ2) is 2.97. The summed E-state index contributed by atoms with van der Waals surface area (Å²) >= 11 is 0. The summed E-state index contributed by atoms with van der Waals surface area (Å²) in [7, 11) is 0. The topological polar surface area (TPSA) is 46.5 Å². The molecule has 86 valence electrons. The molecule has 3 nitrogen and oxygen atoms in total. The molecule has 15 heavy (non-hydrogen) atoms. The van der Waals surface area contributed by atoms with E-state index >= 15 is 0 Å². The summed E-state index contributed by atoms with van der Waals surface area (Å²) in [6, 6.07) is 0. The molecule has 0 aromatic carbocycles. The Morgan fingerprint density at radius 1 is 1.33 bits per heavy atom. The van der Waals surface area contributed by atoms with Crippen LogP contribution >= 0.6 is 0 Å². The Kier molecular flexibility index (Phi) is 2.16. The summed E-state index contributed by atoms with van der Waals surface area (Å²) in [5.74, 6) is 0.915. The monoisotopic (exact) mass is 212 g/mol. The van der Waals surface area contributed by atoms with Crippen molar-refractivity contribution in [2.45, 2.75) is 52.2 Å². The molecule has 2 aliphatic carbocycles. The third-order valence-corrected chi connectivity index (χ3v) is 4.39. The maximum absolute atomic E-state index is 10.9. The number of aliphatic hydroxyl groups is 1. The van der Waals surface area contributed by atoms with Crippen molar-refractivity contribution in [3.63, 3.8) is 0 Å². The number of ether oxygens (including phenoxy) is 1. The first kappa shape index (κ1) is 10.9. The summed E-state index contributed by atoms with van der Waals surface area (Å²) < 4.78 is 5.21. The number of esters is 1. The predicted octanol–water partition coefficient (Wildman–Crippen LogP) is 1.74. The van der Waals surface area contributed by atoms with Crippen molar-refractivity contribution in [3.8, 4) is 0 Å². The van der Waals surface area contributed by atoms with Gasteiger partial charge < -0.3 is 9.84 Å². The molecule has 0 unspecified atom stereocenters. The molecule has 4 atom stereocenters. The molecule has 0 saturated heterocycles. The fraction of sp³-hybridized carbons (Fsp3) is 0.917. The highest BCUT2D eigenvalue weighted by molar-refractivity contribution is 5.66. The minimum Gasteiger partial charge on any atom is -0.459 e. The van der Waals surface area contributed by atoms with Crippen LogP contribution in [0, 0.1) is 17.3 Å². The number of hydrogen-bond acceptors (Lipinski definition) is 3. The Morgan fingerprint density at radius 2 is 1.93 bits per heavy atom. The van der Waals surface area contributed by atoms with Gasteiger partial charge in [0.2, 0.25) is 0 Å². The van der Waals surface area contributed by atoms with Crippen LogP contribution < -0.4 is 0 Å². The van der Waals surface area contributed by atoms with E-state index in [-0.39, 0.29) is 12.1 Å². The molecular formula is C12H20O3. The van der Waals surface area contributed by atoms with E-state index in [9.17, 15) is 9.90 Å². The van der Waals surface area contributed by atoms with E-state index in [2.05, 4.69) is 13.8 Å². The maximum atomic E-state index is 10.9. The van der Waals surface area contributed by atoms with Gasteiger partial charge in [-0.25, -0.2) is 0 Å². The average Bonchev–Trinajstić information content (AvgIpc) is 2.52. The van der Waals surface area contributed by atoms with Gasteiger partial charge in [-0.05, 0) is 37.0 Å². The highest BCUT2D eigenvalue weighted by atomic mass is 16.6. The van der Waals surface area contributed by atoms with E-state index in [0.717, 1.165) is 12.8 Å². The standard InChI is InChI=1S/C12H20O3/c1-7(13)15-10-5-8-9(11(8,2)3)6-12(10,4)14/h8-10,14H,5-6H2,1-4H3/t8-,9+,10-,12-/m1/s1. The van der Waals surface area contributed by atoms with Gasteiger partial charge in [-0.3, -0.25) is 4.79 Å². The normalized spacial score (nSPS) is 46.9. The molecule has 0 aliphatic heterocycles. The Labute approximate surface area is 90.8 Å². The number of carbonyl (C=O) groups is 1. The van der Waals surface area contributed by atoms with Crippen LogP contribution in [0.3, 0.4) is 0 Å². The highest BCUT2D eigenvalue weighted by Gasteiger charge is 2.64. The van der Waals surface area contributed by atoms with Crippen LogP contribution in [-0.2, 0) is 9.53 Å². The number of hydrogen-bond donors (Lipinski definition) is 1. The molecule has 0 aromatic heterocycles. The van der Waals surface area contributed by atoms with Crippen molar-refractivity contribution >= 4 is 5.97 Å². The van der Waals surface area contributed by atoms with Crippen molar-refractivity contribution in [3.05, 3.63) is 0 Å². The number of carbonyl (C=O) groups excluding carboxylic acids is 1. The first-order chi connectivity index (χ1) is 6.75. The fourth-order valence-corrected chi connectivity index (χ4v) is 3.17. The lowest BCUT2D eigenvalue weighted by atomic mass is 9.84. The van der Waals surface area contributed by atoms with Gasteiger partial charge in [0.1, 0.15) is 6.10 Å². The molecule has 2 saturated carbocycles. The van der Waals surface area contributed by atoms with Crippen LogP contribution in [0.2, 0.25) is 0 Å². The predicted molar refractivity (Wildman–Crippen MR) is 56.2 cm³/mol. The second-order valence-electron chi connectivity index (χ2n) is 5.93. The lowest BCUT2D eigenvalue weighted by Gasteiger charge is -2.35. The third kappa shape index (κ3) is 1.67. The zero-order valence-electron chi connectivity index (χ0n) is 9.91. The number of rotatable bonds is 1. The molecule has 2 aliphatic rings. The minimum absolute atomic E-state index is 0.294. The molecule has 0 bridgehead atoms. The second-order valence-corrected chi connectivity index (χ2v) is 5.93. The van der Waals surface area contributed by atoms with E-state index in [4.69, 9.17) is 4.74 Å². The van der Waals surface area contributed by atoms with Gasteiger partial charge in [0.25, 0.3) is 0 Å². The van der Waals surface area contributed by atoms with Gasteiger partial charge in [-0.1, -0.05) is 13.8 Å². The molecule has 0 heterocycles. The molecule has 2 rings (SSSR count). The SMILES string of the molecule is CC(=O)O[C@@H]1C[C@@H]2[C@H](C[C@@]1(C)O)C2(C)C. The Balaban J connectivity index is 2.10. The van der Waals surface area contributed by atoms with Crippen LogP contribution in [-0.4, -0.2) is 22.8 Å². The average molecular weight is 212 g/mol. The maximum Gasteiger partial charge on any atom is 0.303 e. The van der Waals surface area contributed by atoms with E-state index in [1.807, 2.05) is 0 Å². The molecule has 1 N–H and O–H groups in total. The summed E-state index contributed by atoms with van der Waals surface area (Å²) in [4.78, 5) is 10.9. The van der Waals surface area contributed by atoms with Gasteiger partial charge in [0.05, 0.1) is 5.60 Å². The van der Waals surface area contributed by atoms with Crippen molar-refractivity contribution in [2.24, 2.45) is 17.3 Å². The Hall–Kier alpha value is -0.570. The Morgan fingerprint density at radius 3 is 2.47 bits per heavy atom. The lowest BCUT2D eigenvalue weighted by molar-refractivity contribution is -0.166. The quantitative estimate of drug-likeness (QED) is 0.673. The molecule has 0 spiro atoms. The van der Waals surface area contributed by atoms with Gasteiger partial charge in [-0.2, -0.15) is 0 Å². The van der Waals surface area contributed by atoms with Crippen molar-refractivity contribution in [1.82, 2.24) is 0 Å². The Bertz CT molecular complexity index is 293. The van der Waals surface area contributed by atoms with Gasteiger partial charge >= 0.3 is 5.97 Å². The summed E-state index contributed by atoms with van der Waals surface area (Å²) in [5.41, 5.74) is -0.528. The summed E-state index contributed by atoms with van der Waals surface area (Å²) in [6.45, 7) is 7.65. The zero-order valence-corrected chi connectivity index (χ0v) is 9.91. The van der Waals surface area contributed by atoms with Gasteiger partial charge in [0.15, 0.2) is 0 Å². The van der Waals surface area contributed by atoms with Crippen molar-refractivity contribution < 1.29 is 14.6 Å². The van der Waals surface area contributed by atoms with Crippen LogP contribution in [0.4, 0.5) is 0 Å². The summed E-state index contributed by atoms with van der Waals surface area (Å²) in [5, 5.41) is 10.2. The molecule has 3 heteroatoms. The molecule has 0 amide bonds. The van der Waals surface area contributed by atoms with Crippen molar-refractivity contribution in [1.29, 1.82) is 0 Å². The molecule has 0 radical (unpaired) electrons. The van der Waals surface area contributed by atoms with Gasteiger partial charge in [-0.15, -0.1) is 0 Å². The van der Waals surface area contributed by atoms with E-state index in [0.29, 0.717) is 17.3 Å². The van der Waals surface area contributed by atoms with Crippen LogP contribution in [0.1, 0.15) is 40.5 Å². The molecular weight excluding hydrogens is 192 g/mol. The van der Waals surface area contributed by atoms with Crippen LogP contribution in [0.5, 0.6) is 0 Å². The largest absolute Gasteiger partial charge is 0.459 e. The lowest BCUT2D eigenvalue weighted by Crippen LogP contribution is -2.45. The van der Waals surface area contributed by atoms with Crippen molar-refractivity contribution in [2.75, 3.05) is 0 Å².